The van der Waals surface area contributed by atoms with E-state index in [9.17, 15) is 33.5 Å². The number of imide groups is 4. The number of hydrogen-bond acceptors (Lipinski definition) is 8. The SMILES string of the molecule is COC(=O)N1C(=O)C2CC=C3C(CC4(Cl)C(=O)N(c5ccc(F)cc5)C(=O)C4(Cl)C3c3ccc(OC)cc3O)C2C1=O. The fourth-order valence-corrected chi connectivity index (χ4v) is 7.84. The number of methoxy groups -OCH3 is 2. The molecule has 42 heavy (non-hydrogen) atoms. The summed E-state index contributed by atoms with van der Waals surface area (Å²) >= 11 is 14.4. The average molecular weight is 617 g/mol. The first kappa shape index (κ1) is 28.2. The second-order valence-corrected chi connectivity index (χ2v) is 11.9. The molecular weight excluding hydrogens is 594 g/mol. The largest absolute Gasteiger partial charge is 0.508 e. The number of anilines is 1. The number of ether oxygens (including phenoxy) is 2. The molecule has 5 amide bonds. The Kier molecular flexibility index (Phi) is 6.39. The number of fused-ring (bicyclic) bond motifs is 4. The molecule has 0 bridgehead atoms. The highest BCUT2D eigenvalue weighted by molar-refractivity contribution is 6.58. The second kappa shape index (κ2) is 9.53. The number of phenols is 1. The summed E-state index contributed by atoms with van der Waals surface area (Å²) in [6, 6.07) is 8.94. The highest BCUT2D eigenvalue weighted by Gasteiger charge is 2.77. The van der Waals surface area contributed by atoms with Crippen molar-refractivity contribution in [1.82, 2.24) is 4.90 Å². The number of halogens is 3. The molecule has 2 aliphatic carbocycles. The van der Waals surface area contributed by atoms with E-state index in [4.69, 9.17) is 27.9 Å². The van der Waals surface area contributed by atoms with E-state index in [0.717, 1.165) is 24.1 Å². The van der Waals surface area contributed by atoms with Gasteiger partial charge in [0.05, 0.1) is 31.7 Å². The van der Waals surface area contributed by atoms with Crippen molar-refractivity contribution in [2.75, 3.05) is 19.1 Å². The Morgan fingerprint density at radius 3 is 2.31 bits per heavy atom. The summed E-state index contributed by atoms with van der Waals surface area (Å²) in [5.41, 5.74) is 0.573. The number of aromatic hydroxyl groups is 1. The minimum absolute atomic E-state index is 0.0219. The molecule has 0 radical (unpaired) electrons. The normalized spacial score (nSPS) is 31.9. The number of likely N-dealkylation sites (tertiary alicyclic amines) is 1. The summed E-state index contributed by atoms with van der Waals surface area (Å²) in [6.07, 6.45) is 0.205. The van der Waals surface area contributed by atoms with Gasteiger partial charge in [-0.2, -0.15) is 4.90 Å². The Morgan fingerprint density at radius 2 is 1.69 bits per heavy atom. The summed E-state index contributed by atoms with van der Waals surface area (Å²) < 4.78 is 23.6. The van der Waals surface area contributed by atoms with Gasteiger partial charge in [0.2, 0.25) is 11.8 Å². The van der Waals surface area contributed by atoms with Crippen LogP contribution in [0.15, 0.2) is 54.1 Å². The van der Waals surface area contributed by atoms with Gasteiger partial charge >= 0.3 is 6.09 Å². The van der Waals surface area contributed by atoms with Crippen LogP contribution in [-0.2, 0) is 23.9 Å². The van der Waals surface area contributed by atoms with Crippen molar-refractivity contribution < 1.29 is 42.9 Å². The molecule has 2 aromatic carbocycles. The molecule has 4 aliphatic rings. The number of amides is 5. The van der Waals surface area contributed by atoms with Crippen LogP contribution >= 0.6 is 23.2 Å². The number of phenolic OH excluding ortho intramolecular Hbond substituents is 1. The molecule has 13 heteroatoms. The number of nitrogens with zero attached hydrogens (tertiary/aromatic N) is 2. The number of carbonyl (C=O) groups is 5. The zero-order valence-electron chi connectivity index (χ0n) is 22.2. The van der Waals surface area contributed by atoms with Crippen LogP contribution in [0.5, 0.6) is 11.5 Å². The van der Waals surface area contributed by atoms with Gasteiger partial charge in [-0.3, -0.25) is 19.2 Å². The maximum atomic E-state index is 14.3. The topological polar surface area (TPSA) is 131 Å². The number of alkyl halides is 2. The van der Waals surface area contributed by atoms with Crippen molar-refractivity contribution in [3.05, 3.63) is 65.5 Å². The number of benzene rings is 2. The van der Waals surface area contributed by atoms with Gasteiger partial charge in [-0.1, -0.05) is 17.7 Å². The number of rotatable bonds is 3. The van der Waals surface area contributed by atoms with E-state index in [1.165, 1.54) is 37.4 Å². The number of hydrogen-bond donors (Lipinski definition) is 1. The zero-order valence-corrected chi connectivity index (χ0v) is 23.7. The Morgan fingerprint density at radius 1 is 1.00 bits per heavy atom. The molecule has 10 nitrogen and oxygen atoms in total. The van der Waals surface area contributed by atoms with Crippen molar-refractivity contribution in [3.63, 3.8) is 0 Å². The molecule has 6 rings (SSSR count). The fourth-order valence-electron chi connectivity index (χ4n) is 6.91. The van der Waals surface area contributed by atoms with Crippen LogP contribution in [0.1, 0.15) is 24.3 Å². The Hall–Kier alpha value is -3.96. The van der Waals surface area contributed by atoms with Gasteiger partial charge in [0.15, 0.2) is 9.75 Å². The minimum atomic E-state index is -2.21. The molecule has 1 N–H and O–H groups in total. The Balaban J connectivity index is 1.56. The van der Waals surface area contributed by atoms with E-state index in [-0.39, 0.29) is 29.8 Å². The third-order valence-corrected chi connectivity index (χ3v) is 10.2. The predicted octanol–water partition coefficient (Wildman–Crippen LogP) is 3.87. The van der Waals surface area contributed by atoms with Gasteiger partial charge in [-0.25, -0.2) is 14.1 Å². The molecule has 1 saturated carbocycles. The molecule has 6 unspecified atom stereocenters. The average Bonchev–Trinajstić information content (AvgIpc) is 3.31. The highest BCUT2D eigenvalue weighted by Crippen LogP contribution is 2.66. The van der Waals surface area contributed by atoms with Crippen LogP contribution < -0.4 is 9.64 Å². The van der Waals surface area contributed by atoms with Crippen LogP contribution in [0, 0.1) is 23.6 Å². The maximum absolute atomic E-state index is 14.3. The van der Waals surface area contributed by atoms with Gasteiger partial charge in [0.25, 0.3) is 11.8 Å². The van der Waals surface area contributed by atoms with Gasteiger partial charge in [0.1, 0.15) is 17.3 Å². The molecule has 2 aliphatic heterocycles. The predicted molar refractivity (Wildman–Crippen MR) is 146 cm³/mol. The molecule has 2 heterocycles. The Labute approximate surface area is 248 Å². The van der Waals surface area contributed by atoms with E-state index < -0.39 is 69.0 Å². The molecule has 0 aromatic heterocycles. The van der Waals surface area contributed by atoms with Gasteiger partial charge < -0.3 is 14.6 Å². The number of allylic oxidation sites excluding steroid dienone is 2. The van der Waals surface area contributed by atoms with E-state index in [2.05, 4.69) is 4.74 Å². The molecule has 3 fully saturated rings. The first-order chi connectivity index (χ1) is 19.9. The lowest BCUT2D eigenvalue weighted by atomic mass is 9.56. The van der Waals surface area contributed by atoms with E-state index in [1.54, 1.807) is 6.08 Å². The summed E-state index contributed by atoms with van der Waals surface area (Å²) in [6.45, 7) is 0. The standard InChI is InChI=1S/C29H23Cl2FN2O8/c1-41-15-7-8-17(20(35)11-15)22-16-9-10-18-21(24(37)34(23(18)36)27(40)42-2)19(16)12-28(30)25(38)33(26(39)29(22,28)31)14-5-3-13(32)4-6-14/h3-9,11,18-19,21-22,35H,10,12H2,1-2H3. The van der Waals surface area contributed by atoms with Crippen LogP contribution in [0.3, 0.4) is 0 Å². The van der Waals surface area contributed by atoms with E-state index in [1.807, 2.05) is 0 Å². The molecule has 218 valence electrons. The molecular formula is C29H23Cl2FN2O8. The van der Waals surface area contributed by atoms with Gasteiger partial charge in [-0.15, -0.1) is 23.2 Å². The van der Waals surface area contributed by atoms with E-state index >= 15 is 0 Å². The molecule has 6 atom stereocenters. The van der Waals surface area contributed by atoms with Crippen LogP contribution in [-0.4, -0.2) is 63.7 Å². The Bertz CT molecular complexity index is 1610. The quantitative estimate of drug-likeness (QED) is 0.312. The van der Waals surface area contributed by atoms with Crippen LogP contribution in [0.25, 0.3) is 0 Å². The summed E-state index contributed by atoms with van der Waals surface area (Å²) in [5.74, 6) is -8.21. The van der Waals surface area contributed by atoms with Crippen molar-refractivity contribution >= 4 is 58.6 Å². The first-order valence-corrected chi connectivity index (χ1v) is 13.7. The molecule has 2 saturated heterocycles. The van der Waals surface area contributed by atoms with E-state index in [0.29, 0.717) is 16.2 Å². The number of carbonyl (C=O) groups excluding carboxylic acids is 5. The zero-order chi connectivity index (χ0) is 30.3. The van der Waals surface area contributed by atoms with Crippen molar-refractivity contribution in [2.24, 2.45) is 17.8 Å². The van der Waals surface area contributed by atoms with Crippen molar-refractivity contribution in [2.45, 2.75) is 28.5 Å². The summed E-state index contributed by atoms with van der Waals surface area (Å²) in [5, 5.41) is 11.1. The van der Waals surface area contributed by atoms with Crippen LogP contribution in [0.2, 0.25) is 0 Å². The van der Waals surface area contributed by atoms with Crippen molar-refractivity contribution in [3.8, 4) is 11.5 Å². The lowest BCUT2D eigenvalue weighted by Crippen LogP contribution is -2.60. The third kappa shape index (κ3) is 3.53. The summed E-state index contributed by atoms with van der Waals surface area (Å²) in [4.78, 5) is 64.3. The second-order valence-electron chi connectivity index (χ2n) is 10.7. The highest BCUT2D eigenvalue weighted by atomic mass is 35.5. The third-order valence-electron chi connectivity index (χ3n) is 8.80. The summed E-state index contributed by atoms with van der Waals surface area (Å²) in [7, 11) is 2.44. The molecule has 2 aromatic rings. The smallest absolute Gasteiger partial charge is 0.423 e. The van der Waals surface area contributed by atoms with Gasteiger partial charge in [0, 0.05) is 17.5 Å². The lowest BCUT2D eigenvalue weighted by molar-refractivity contribution is -0.138. The minimum Gasteiger partial charge on any atom is -0.508 e. The maximum Gasteiger partial charge on any atom is 0.423 e. The lowest BCUT2D eigenvalue weighted by Gasteiger charge is -2.50. The fraction of sp³-hybridized carbons (Fsp3) is 0.345. The van der Waals surface area contributed by atoms with Crippen LogP contribution in [0.4, 0.5) is 14.9 Å². The van der Waals surface area contributed by atoms with Gasteiger partial charge in [-0.05, 0) is 49.1 Å². The molecule has 0 spiro atoms. The monoisotopic (exact) mass is 616 g/mol. The first-order valence-electron chi connectivity index (χ1n) is 13.0. The van der Waals surface area contributed by atoms with Crippen molar-refractivity contribution in [1.29, 1.82) is 0 Å².